The number of nitro benzene ring substituents is 1. The number of methoxy groups -OCH3 is 2. The fourth-order valence-electron chi connectivity index (χ4n) is 2.63. The largest absolute Gasteiger partial charge is 0.496 e. The number of ether oxygens (including phenoxy) is 4. The van der Waals surface area contributed by atoms with Crippen molar-refractivity contribution in [1.29, 1.82) is 0 Å². The molecule has 0 spiro atoms. The highest BCUT2D eigenvalue weighted by atomic mass is 16.6. The van der Waals surface area contributed by atoms with E-state index >= 15 is 0 Å². The number of nitro groups is 1. The van der Waals surface area contributed by atoms with Crippen LogP contribution in [0.15, 0.2) is 12.1 Å². The number of hydrogen-bond donors (Lipinski definition) is 0. The Hall–Kier alpha value is -3.17. The second-order valence-electron chi connectivity index (χ2n) is 8.75. The topological polar surface area (TPSA) is 131 Å². The molecular formula is C21H29NO9. The Morgan fingerprint density at radius 2 is 1.45 bits per heavy atom. The first-order chi connectivity index (χ1) is 14.1. The Balaban J connectivity index is 3.55. The van der Waals surface area contributed by atoms with Crippen molar-refractivity contribution in [3.63, 3.8) is 0 Å². The van der Waals surface area contributed by atoms with Crippen LogP contribution in [-0.4, -0.2) is 48.3 Å². The molecule has 172 valence electrons. The van der Waals surface area contributed by atoms with Crippen LogP contribution >= 0.6 is 0 Å². The summed E-state index contributed by atoms with van der Waals surface area (Å²) in [6.45, 7) is 9.78. The first-order valence-electron chi connectivity index (χ1n) is 9.49. The fourth-order valence-corrected chi connectivity index (χ4v) is 2.63. The van der Waals surface area contributed by atoms with Crippen LogP contribution in [0.4, 0.5) is 5.69 Å². The minimum atomic E-state index is -1.49. The molecular weight excluding hydrogens is 410 g/mol. The van der Waals surface area contributed by atoms with E-state index in [9.17, 15) is 24.5 Å². The molecule has 0 atom stereocenters. The molecule has 0 radical (unpaired) electrons. The van der Waals surface area contributed by atoms with E-state index in [1.807, 2.05) is 0 Å². The molecule has 1 rings (SSSR count). The minimum Gasteiger partial charge on any atom is -0.496 e. The van der Waals surface area contributed by atoms with Gasteiger partial charge in [0.1, 0.15) is 17.0 Å². The van der Waals surface area contributed by atoms with Gasteiger partial charge in [-0.2, -0.15) is 0 Å². The summed E-state index contributed by atoms with van der Waals surface area (Å²) in [7, 11) is 2.38. The van der Waals surface area contributed by atoms with Gasteiger partial charge in [0, 0.05) is 12.5 Å². The molecule has 0 aliphatic rings. The number of esters is 3. The van der Waals surface area contributed by atoms with Gasteiger partial charge in [-0.15, -0.1) is 0 Å². The van der Waals surface area contributed by atoms with E-state index in [0.717, 1.165) is 13.2 Å². The third-order valence-electron chi connectivity index (χ3n) is 3.81. The van der Waals surface area contributed by atoms with Gasteiger partial charge in [0.15, 0.2) is 5.92 Å². The zero-order valence-corrected chi connectivity index (χ0v) is 19.1. The van der Waals surface area contributed by atoms with Gasteiger partial charge < -0.3 is 18.9 Å². The van der Waals surface area contributed by atoms with Crippen LogP contribution in [0.25, 0.3) is 0 Å². The first-order valence-corrected chi connectivity index (χ1v) is 9.49. The first kappa shape index (κ1) is 25.9. The molecule has 0 fully saturated rings. The highest BCUT2D eigenvalue weighted by Gasteiger charge is 2.38. The van der Waals surface area contributed by atoms with Gasteiger partial charge in [-0.3, -0.25) is 19.7 Å². The number of hydrogen-bond acceptors (Lipinski definition) is 9. The van der Waals surface area contributed by atoms with Crippen molar-refractivity contribution in [2.24, 2.45) is 5.92 Å². The molecule has 0 bridgehead atoms. The predicted molar refractivity (Wildman–Crippen MR) is 110 cm³/mol. The number of carbonyl (C=O) groups is 3. The summed E-state index contributed by atoms with van der Waals surface area (Å²) in [6.07, 6.45) is -0.426. The van der Waals surface area contributed by atoms with E-state index in [1.54, 1.807) is 41.5 Å². The van der Waals surface area contributed by atoms with Gasteiger partial charge in [0.05, 0.1) is 30.3 Å². The smallest absolute Gasteiger partial charge is 0.338 e. The van der Waals surface area contributed by atoms with Crippen LogP contribution in [-0.2, 0) is 30.2 Å². The third kappa shape index (κ3) is 7.54. The molecule has 10 heteroatoms. The summed E-state index contributed by atoms with van der Waals surface area (Å²) in [4.78, 5) is 48.4. The molecule has 0 heterocycles. The van der Waals surface area contributed by atoms with Crippen LogP contribution in [0, 0.1) is 16.0 Å². The van der Waals surface area contributed by atoms with Crippen molar-refractivity contribution < 1.29 is 38.3 Å². The van der Waals surface area contributed by atoms with Gasteiger partial charge in [-0.1, -0.05) is 0 Å². The van der Waals surface area contributed by atoms with Gasteiger partial charge in [-0.25, -0.2) is 4.79 Å². The highest BCUT2D eigenvalue weighted by molar-refractivity contribution is 5.96. The third-order valence-corrected chi connectivity index (χ3v) is 3.81. The van der Waals surface area contributed by atoms with E-state index in [4.69, 9.17) is 14.2 Å². The zero-order chi connectivity index (χ0) is 24.1. The lowest BCUT2D eigenvalue weighted by Crippen LogP contribution is -2.38. The average molecular weight is 439 g/mol. The number of carbonyl (C=O) groups excluding carboxylic acids is 3. The lowest BCUT2D eigenvalue weighted by Gasteiger charge is -2.26. The molecule has 0 aromatic heterocycles. The summed E-state index contributed by atoms with van der Waals surface area (Å²) >= 11 is 0. The monoisotopic (exact) mass is 439 g/mol. The van der Waals surface area contributed by atoms with Gasteiger partial charge in [0.2, 0.25) is 0 Å². The van der Waals surface area contributed by atoms with Gasteiger partial charge >= 0.3 is 17.9 Å². The average Bonchev–Trinajstić information content (AvgIpc) is 2.61. The molecule has 0 saturated heterocycles. The molecule has 0 aliphatic heterocycles. The van der Waals surface area contributed by atoms with Crippen molar-refractivity contribution in [3.8, 4) is 5.75 Å². The van der Waals surface area contributed by atoms with E-state index in [0.29, 0.717) is 0 Å². The number of nitrogens with zero attached hydrogens (tertiary/aromatic N) is 1. The zero-order valence-electron chi connectivity index (χ0n) is 19.1. The molecule has 31 heavy (non-hydrogen) atoms. The summed E-state index contributed by atoms with van der Waals surface area (Å²) in [5.74, 6) is -4.13. The Morgan fingerprint density at radius 3 is 1.81 bits per heavy atom. The van der Waals surface area contributed by atoms with Gasteiger partial charge in [0.25, 0.3) is 5.69 Å². The molecule has 1 aromatic rings. The quantitative estimate of drug-likeness (QED) is 0.206. The standard InChI is InChI=1S/C21H29NO9/c1-20(2,3)30-18(24)14(19(25)31-21(4,5)6)11-13-15(22(26)27)9-12(17(23)29-8)10-16(13)28-7/h9-10,14H,11H2,1-8H3. The lowest BCUT2D eigenvalue weighted by molar-refractivity contribution is -0.385. The minimum absolute atomic E-state index is 0.0493. The Labute approximate surface area is 180 Å². The second kappa shape index (κ2) is 9.76. The van der Waals surface area contributed by atoms with Crippen molar-refractivity contribution in [2.45, 2.75) is 59.2 Å². The molecule has 0 N–H and O–H groups in total. The normalized spacial score (nSPS) is 11.6. The van der Waals surface area contributed by atoms with Crippen LogP contribution in [0.3, 0.4) is 0 Å². The second-order valence-corrected chi connectivity index (χ2v) is 8.75. The molecule has 0 unspecified atom stereocenters. The maximum atomic E-state index is 12.8. The highest BCUT2D eigenvalue weighted by Crippen LogP contribution is 2.34. The maximum Gasteiger partial charge on any atom is 0.338 e. The summed E-state index contributed by atoms with van der Waals surface area (Å²) < 4.78 is 20.5. The molecule has 1 aromatic carbocycles. The summed E-state index contributed by atoms with van der Waals surface area (Å²) in [5.41, 5.74) is -2.47. The van der Waals surface area contributed by atoms with E-state index in [2.05, 4.69) is 4.74 Å². The molecule has 0 saturated carbocycles. The van der Waals surface area contributed by atoms with Crippen LogP contribution in [0.1, 0.15) is 57.5 Å². The van der Waals surface area contributed by atoms with E-state index < -0.39 is 52.1 Å². The Morgan fingerprint density at radius 1 is 0.968 bits per heavy atom. The SMILES string of the molecule is COC(=O)c1cc(OC)c(CC(C(=O)OC(C)(C)C)C(=O)OC(C)(C)C)c([N+](=O)[O-])c1. The number of benzene rings is 1. The fraction of sp³-hybridized carbons (Fsp3) is 0.571. The van der Waals surface area contributed by atoms with Crippen LogP contribution < -0.4 is 4.74 Å². The van der Waals surface area contributed by atoms with Gasteiger partial charge in [-0.05, 0) is 47.6 Å². The van der Waals surface area contributed by atoms with Crippen molar-refractivity contribution in [3.05, 3.63) is 33.4 Å². The maximum absolute atomic E-state index is 12.8. The Kier molecular flexibility index (Phi) is 8.14. The molecule has 0 amide bonds. The van der Waals surface area contributed by atoms with Crippen LogP contribution in [0.5, 0.6) is 5.75 Å². The summed E-state index contributed by atoms with van der Waals surface area (Å²) in [6, 6.07) is 2.25. The predicted octanol–water partition coefficient (Wildman–Crippen LogP) is 3.23. The molecule has 0 aliphatic carbocycles. The van der Waals surface area contributed by atoms with E-state index in [1.165, 1.54) is 13.2 Å². The van der Waals surface area contributed by atoms with Crippen molar-refractivity contribution in [2.75, 3.05) is 14.2 Å². The van der Waals surface area contributed by atoms with Crippen molar-refractivity contribution in [1.82, 2.24) is 0 Å². The summed E-state index contributed by atoms with van der Waals surface area (Å²) in [5, 5.41) is 11.7. The Bertz CT molecular complexity index is 835. The number of rotatable bonds is 7. The lowest BCUT2D eigenvalue weighted by atomic mass is 9.95. The van der Waals surface area contributed by atoms with Crippen molar-refractivity contribution >= 4 is 23.6 Å². The van der Waals surface area contributed by atoms with Crippen LogP contribution in [0.2, 0.25) is 0 Å². The van der Waals surface area contributed by atoms with E-state index in [-0.39, 0.29) is 16.9 Å². The molecule has 10 nitrogen and oxygen atoms in total.